The summed E-state index contributed by atoms with van der Waals surface area (Å²) in [7, 11) is -3.65. The largest absolute Gasteiger partial charge is 0.336 e. The second-order valence-corrected chi connectivity index (χ2v) is 9.71. The van der Waals surface area contributed by atoms with Gasteiger partial charge < -0.3 is 4.90 Å². The van der Waals surface area contributed by atoms with Crippen LogP contribution in [0, 0.1) is 45.9 Å². The molecule has 1 fully saturated rings. The Bertz CT molecular complexity index is 1110. The molecule has 2 aromatic rings. The van der Waals surface area contributed by atoms with Gasteiger partial charge in [0.2, 0.25) is 10.0 Å². The predicted octanol–water partition coefficient (Wildman–Crippen LogP) is 3.25. The summed E-state index contributed by atoms with van der Waals surface area (Å²) in [5.74, 6) is -0.147. The summed E-state index contributed by atoms with van der Waals surface area (Å²) in [5.41, 5.74) is 5.73. The van der Waals surface area contributed by atoms with Crippen molar-refractivity contribution in [2.45, 2.75) is 39.5 Å². The molecular formula is C23H27N3O3S. The van der Waals surface area contributed by atoms with Gasteiger partial charge in [-0.25, -0.2) is 8.42 Å². The normalized spacial score (nSPS) is 15.1. The predicted molar refractivity (Wildman–Crippen MR) is 116 cm³/mol. The first-order valence-electron chi connectivity index (χ1n) is 9.96. The van der Waals surface area contributed by atoms with Crippen molar-refractivity contribution in [1.82, 2.24) is 9.21 Å². The van der Waals surface area contributed by atoms with Crippen molar-refractivity contribution in [2.75, 3.05) is 26.2 Å². The van der Waals surface area contributed by atoms with Gasteiger partial charge in [0.15, 0.2) is 0 Å². The van der Waals surface area contributed by atoms with Crippen LogP contribution in [-0.4, -0.2) is 49.7 Å². The topological polar surface area (TPSA) is 81.5 Å². The van der Waals surface area contributed by atoms with Crippen LogP contribution in [0.25, 0.3) is 0 Å². The standard InChI is InChI=1S/C23H27N3O3S/c1-15-16(2)18(4)22(19(5)17(15)3)30(28,29)26-12-10-25(11-13-26)23(27)21-8-6-20(14-24)7-9-21/h6-9H,10-13H2,1-5H3. The lowest BCUT2D eigenvalue weighted by Crippen LogP contribution is -2.50. The van der Waals surface area contributed by atoms with Crippen LogP contribution in [0.3, 0.4) is 0 Å². The summed E-state index contributed by atoms with van der Waals surface area (Å²) in [4.78, 5) is 14.8. The number of sulfonamides is 1. The maximum atomic E-state index is 13.5. The SMILES string of the molecule is Cc1c(C)c(C)c(S(=O)(=O)N2CCN(C(=O)c3ccc(C#N)cc3)CC2)c(C)c1C. The lowest BCUT2D eigenvalue weighted by Gasteiger charge is -2.35. The van der Waals surface area contributed by atoms with Crippen LogP contribution in [0.2, 0.25) is 0 Å². The molecule has 1 amide bonds. The number of benzene rings is 2. The molecule has 0 aromatic heterocycles. The number of nitrogens with zero attached hydrogens (tertiary/aromatic N) is 3. The smallest absolute Gasteiger partial charge is 0.253 e. The molecule has 0 radical (unpaired) electrons. The maximum absolute atomic E-state index is 13.5. The van der Waals surface area contributed by atoms with Crippen LogP contribution in [0.1, 0.15) is 43.7 Å². The van der Waals surface area contributed by atoms with Crippen LogP contribution in [0.5, 0.6) is 0 Å². The molecule has 7 heteroatoms. The second-order valence-electron chi connectivity index (χ2n) is 7.84. The zero-order valence-corrected chi connectivity index (χ0v) is 18.9. The summed E-state index contributed by atoms with van der Waals surface area (Å²) in [6, 6.07) is 8.53. The van der Waals surface area contributed by atoms with E-state index < -0.39 is 10.0 Å². The highest BCUT2D eigenvalue weighted by Crippen LogP contribution is 2.32. The molecule has 1 aliphatic heterocycles. The number of carbonyl (C=O) groups is 1. The monoisotopic (exact) mass is 425 g/mol. The van der Waals surface area contributed by atoms with Crippen molar-refractivity contribution in [2.24, 2.45) is 0 Å². The molecule has 158 valence electrons. The van der Waals surface area contributed by atoms with Gasteiger partial charge in [0, 0.05) is 31.7 Å². The number of carbonyl (C=O) groups excluding carboxylic acids is 1. The number of rotatable bonds is 3. The highest BCUT2D eigenvalue weighted by molar-refractivity contribution is 7.89. The van der Waals surface area contributed by atoms with Crippen LogP contribution in [-0.2, 0) is 10.0 Å². The Morgan fingerprint density at radius 2 is 1.30 bits per heavy atom. The van der Waals surface area contributed by atoms with Crippen molar-refractivity contribution >= 4 is 15.9 Å². The van der Waals surface area contributed by atoms with E-state index in [1.165, 1.54) is 4.31 Å². The van der Waals surface area contributed by atoms with Gasteiger partial charge in [-0.1, -0.05) is 0 Å². The van der Waals surface area contributed by atoms with Gasteiger partial charge >= 0.3 is 0 Å². The average molecular weight is 426 g/mol. The van der Waals surface area contributed by atoms with Gasteiger partial charge in [0.25, 0.3) is 5.91 Å². The highest BCUT2D eigenvalue weighted by atomic mass is 32.2. The van der Waals surface area contributed by atoms with Crippen LogP contribution in [0.15, 0.2) is 29.2 Å². The van der Waals surface area contributed by atoms with Gasteiger partial charge in [-0.2, -0.15) is 9.57 Å². The Balaban J connectivity index is 1.81. The lowest BCUT2D eigenvalue weighted by molar-refractivity contribution is 0.0698. The van der Waals surface area contributed by atoms with E-state index in [2.05, 4.69) is 0 Å². The van der Waals surface area contributed by atoms with E-state index in [-0.39, 0.29) is 19.0 Å². The molecular weight excluding hydrogens is 398 g/mol. The molecule has 30 heavy (non-hydrogen) atoms. The Morgan fingerprint density at radius 3 is 1.77 bits per heavy atom. The van der Waals surface area contributed by atoms with Gasteiger partial charge in [0.05, 0.1) is 16.5 Å². The van der Waals surface area contributed by atoms with Gasteiger partial charge in [-0.15, -0.1) is 0 Å². The minimum Gasteiger partial charge on any atom is -0.336 e. The Kier molecular flexibility index (Phi) is 6.02. The van der Waals surface area contributed by atoms with Crippen molar-refractivity contribution in [3.63, 3.8) is 0 Å². The van der Waals surface area contributed by atoms with Crippen molar-refractivity contribution in [3.8, 4) is 6.07 Å². The van der Waals surface area contributed by atoms with E-state index in [1.807, 2.05) is 40.7 Å². The summed E-state index contributed by atoms with van der Waals surface area (Å²) in [5, 5.41) is 8.90. The molecule has 0 unspecified atom stereocenters. The molecule has 0 atom stereocenters. The van der Waals surface area contributed by atoms with Crippen LogP contribution < -0.4 is 0 Å². The Hall–Kier alpha value is -2.69. The first-order valence-corrected chi connectivity index (χ1v) is 11.4. The molecule has 2 aromatic carbocycles. The number of piperazine rings is 1. The third-order valence-corrected chi connectivity index (χ3v) is 8.49. The third-order valence-electron chi connectivity index (χ3n) is 6.32. The Morgan fingerprint density at radius 1 is 0.833 bits per heavy atom. The van der Waals surface area contributed by atoms with E-state index in [4.69, 9.17) is 5.26 Å². The first kappa shape index (κ1) is 22.0. The fourth-order valence-electron chi connectivity index (χ4n) is 3.98. The minimum absolute atomic E-state index is 0.147. The van der Waals surface area contributed by atoms with E-state index in [0.717, 1.165) is 27.8 Å². The van der Waals surface area contributed by atoms with E-state index in [9.17, 15) is 13.2 Å². The molecule has 1 aliphatic rings. The molecule has 0 N–H and O–H groups in total. The maximum Gasteiger partial charge on any atom is 0.253 e. The molecule has 1 saturated heterocycles. The van der Waals surface area contributed by atoms with E-state index >= 15 is 0 Å². The summed E-state index contributed by atoms with van der Waals surface area (Å²) >= 11 is 0. The Labute approximate surface area is 178 Å². The third kappa shape index (κ3) is 3.73. The zero-order chi connectivity index (χ0) is 22.2. The van der Waals surface area contributed by atoms with Crippen molar-refractivity contribution in [3.05, 3.63) is 63.2 Å². The summed E-state index contributed by atoms with van der Waals surface area (Å²) in [6.07, 6.45) is 0. The lowest BCUT2D eigenvalue weighted by atomic mass is 9.95. The molecule has 0 saturated carbocycles. The molecule has 6 nitrogen and oxygen atoms in total. The number of hydrogen-bond acceptors (Lipinski definition) is 4. The zero-order valence-electron chi connectivity index (χ0n) is 18.1. The molecule has 0 spiro atoms. The second kappa shape index (κ2) is 8.21. The average Bonchev–Trinajstić information content (AvgIpc) is 2.76. The fourth-order valence-corrected chi connectivity index (χ4v) is 5.97. The molecule has 1 heterocycles. The van der Waals surface area contributed by atoms with Crippen molar-refractivity contribution in [1.29, 1.82) is 5.26 Å². The van der Waals surface area contributed by atoms with Gasteiger partial charge in [0.1, 0.15) is 0 Å². The quantitative estimate of drug-likeness (QED) is 0.756. The number of hydrogen-bond donors (Lipinski definition) is 0. The summed E-state index contributed by atoms with van der Waals surface area (Å²) < 4.78 is 28.4. The van der Waals surface area contributed by atoms with Crippen LogP contribution in [0.4, 0.5) is 0 Å². The number of amides is 1. The van der Waals surface area contributed by atoms with Gasteiger partial charge in [-0.05, 0) is 86.7 Å². The molecule has 3 rings (SSSR count). The summed E-state index contributed by atoms with van der Waals surface area (Å²) in [6.45, 7) is 10.9. The van der Waals surface area contributed by atoms with E-state index in [0.29, 0.717) is 29.1 Å². The van der Waals surface area contributed by atoms with Gasteiger partial charge in [-0.3, -0.25) is 4.79 Å². The molecule has 0 aliphatic carbocycles. The van der Waals surface area contributed by atoms with E-state index in [1.54, 1.807) is 29.2 Å². The van der Waals surface area contributed by atoms with Crippen LogP contribution >= 0.6 is 0 Å². The molecule has 0 bridgehead atoms. The number of nitriles is 1. The fraction of sp³-hybridized carbons (Fsp3) is 0.391. The highest BCUT2D eigenvalue weighted by Gasteiger charge is 2.33. The minimum atomic E-state index is -3.65. The first-order chi connectivity index (χ1) is 14.1. The van der Waals surface area contributed by atoms with Crippen molar-refractivity contribution < 1.29 is 13.2 Å².